The Kier molecular flexibility index (Phi) is 2.69. The summed E-state index contributed by atoms with van der Waals surface area (Å²) in [4.78, 5) is 23.3. The quantitative estimate of drug-likeness (QED) is 0.720. The van der Waals surface area contributed by atoms with Gasteiger partial charge in [-0.05, 0) is 6.07 Å². The summed E-state index contributed by atoms with van der Waals surface area (Å²) in [5.41, 5.74) is 0. The Morgan fingerprint density at radius 1 is 1.28 bits per heavy atom. The molecule has 1 amide bonds. The molecule has 1 aliphatic heterocycles. The van der Waals surface area contributed by atoms with E-state index in [4.69, 9.17) is 4.52 Å². The van der Waals surface area contributed by atoms with E-state index in [1.807, 2.05) is 0 Å². The molecule has 0 spiro atoms. The molecule has 0 saturated carbocycles. The lowest BCUT2D eigenvalue weighted by Gasteiger charge is -2.20. The number of hydrogen-bond acceptors (Lipinski definition) is 7. The number of piperazine rings is 1. The highest BCUT2D eigenvalue weighted by molar-refractivity contribution is 5.78. The van der Waals surface area contributed by atoms with Gasteiger partial charge < -0.3 is 9.84 Å². The molecule has 18 heavy (non-hydrogen) atoms. The fourth-order valence-electron chi connectivity index (χ4n) is 1.62. The van der Waals surface area contributed by atoms with Crippen molar-refractivity contribution < 1.29 is 9.32 Å². The van der Waals surface area contributed by atoms with Crippen LogP contribution >= 0.6 is 0 Å². The third-order valence-corrected chi connectivity index (χ3v) is 2.52. The molecule has 1 saturated heterocycles. The first-order valence-corrected chi connectivity index (χ1v) is 5.44. The minimum Gasteiger partial charge on any atom is -0.353 e. The highest BCUT2D eigenvalue weighted by Crippen LogP contribution is 2.15. The Balaban J connectivity index is 1.80. The summed E-state index contributed by atoms with van der Waals surface area (Å²) < 4.78 is 5.14. The summed E-state index contributed by atoms with van der Waals surface area (Å²) in [5.74, 6) is 1.12. The summed E-state index contributed by atoms with van der Waals surface area (Å²) in [6.07, 6.45) is 3.22. The van der Waals surface area contributed by atoms with Crippen LogP contribution in [-0.4, -0.2) is 39.1 Å². The van der Waals surface area contributed by atoms with Gasteiger partial charge in [-0.25, -0.2) is 9.97 Å². The van der Waals surface area contributed by atoms with Crippen molar-refractivity contribution in [1.29, 1.82) is 0 Å². The molecular weight excluding hydrogens is 236 g/mol. The van der Waals surface area contributed by atoms with Crippen LogP contribution in [0.25, 0.3) is 11.6 Å². The number of carbonyl (C=O) groups excluding carboxylic acids is 1. The van der Waals surface area contributed by atoms with Crippen molar-refractivity contribution in [2.45, 2.75) is 6.04 Å². The van der Waals surface area contributed by atoms with Gasteiger partial charge in [0.1, 0.15) is 6.04 Å². The molecule has 1 aliphatic rings. The van der Waals surface area contributed by atoms with Gasteiger partial charge in [0, 0.05) is 18.9 Å². The number of rotatable bonds is 2. The van der Waals surface area contributed by atoms with E-state index in [9.17, 15) is 4.79 Å². The molecule has 3 rings (SSSR count). The van der Waals surface area contributed by atoms with Crippen molar-refractivity contribution in [3.05, 3.63) is 24.4 Å². The van der Waals surface area contributed by atoms with Crippen LogP contribution in [0.4, 0.5) is 0 Å². The first kappa shape index (κ1) is 10.8. The van der Waals surface area contributed by atoms with Crippen molar-refractivity contribution in [2.75, 3.05) is 13.1 Å². The molecule has 2 N–H and O–H groups in total. The lowest BCUT2D eigenvalue weighted by atomic mass is 10.2. The van der Waals surface area contributed by atoms with E-state index in [0.29, 0.717) is 24.1 Å². The maximum atomic E-state index is 11.0. The highest BCUT2D eigenvalue weighted by atomic mass is 16.5. The van der Waals surface area contributed by atoms with Gasteiger partial charge in [0.2, 0.25) is 23.4 Å². The molecule has 8 heteroatoms. The summed E-state index contributed by atoms with van der Waals surface area (Å²) in [6, 6.07) is 1.54. The lowest BCUT2D eigenvalue weighted by Crippen LogP contribution is -2.47. The predicted molar refractivity (Wildman–Crippen MR) is 59.1 cm³/mol. The Bertz CT molecular complexity index is 545. The van der Waals surface area contributed by atoms with Crippen molar-refractivity contribution >= 4 is 5.91 Å². The van der Waals surface area contributed by atoms with Crippen LogP contribution in [0.1, 0.15) is 11.9 Å². The average molecular weight is 246 g/mol. The van der Waals surface area contributed by atoms with Gasteiger partial charge in [-0.15, -0.1) is 0 Å². The second-order valence-electron chi connectivity index (χ2n) is 3.77. The molecule has 92 valence electrons. The summed E-state index contributed by atoms with van der Waals surface area (Å²) >= 11 is 0. The first-order valence-electron chi connectivity index (χ1n) is 5.44. The molecule has 2 aromatic heterocycles. The average Bonchev–Trinajstić information content (AvgIpc) is 2.90. The van der Waals surface area contributed by atoms with E-state index in [2.05, 4.69) is 30.7 Å². The number of nitrogens with one attached hydrogen (secondary N) is 2. The van der Waals surface area contributed by atoms with Gasteiger partial charge in [0.25, 0.3) is 0 Å². The van der Waals surface area contributed by atoms with Crippen LogP contribution in [0.2, 0.25) is 0 Å². The second-order valence-corrected chi connectivity index (χ2v) is 3.77. The number of aromatic nitrogens is 4. The van der Waals surface area contributed by atoms with Crippen molar-refractivity contribution in [2.24, 2.45) is 0 Å². The van der Waals surface area contributed by atoms with Crippen LogP contribution in [0.3, 0.4) is 0 Å². The fourth-order valence-corrected chi connectivity index (χ4v) is 1.62. The summed E-state index contributed by atoms with van der Waals surface area (Å²) in [7, 11) is 0. The van der Waals surface area contributed by atoms with Gasteiger partial charge in [-0.1, -0.05) is 5.16 Å². The molecule has 1 atom stereocenters. The Labute approximate surface area is 102 Å². The van der Waals surface area contributed by atoms with Gasteiger partial charge in [0.05, 0.1) is 6.54 Å². The van der Waals surface area contributed by atoms with Crippen molar-refractivity contribution in [3.8, 4) is 11.6 Å². The maximum absolute atomic E-state index is 11.0. The van der Waals surface area contributed by atoms with Gasteiger partial charge in [-0.3, -0.25) is 10.1 Å². The normalized spacial score (nSPS) is 19.6. The fraction of sp³-hybridized carbons (Fsp3) is 0.300. The van der Waals surface area contributed by atoms with Crippen molar-refractivity contribution in [1.82, 2.24) is 30.7 Å². The molecule has 8 nitrogen and oxygen atoms in total. The van der Waals surface area contributed by atoms with Crippen molar-refractivity contribution in [3.63, 3.8) is 0 Å². The lowest BCUT2D eigenvalue weighted by molar-refractivity contribution is -0.121. The highest BCUT2D eigenvalue weighted by Gasteiger charge is 2.24. The van der Waals surface area contributed by atoms with Gasteiger partial charge >= 0.3 is 0 Å². The van der Waals surface area contributed by atoms with Crippen LogP contribution in [0.5, 0.6) is 0 Å². The molecule has 0 aromatic carbocycles. The molecule has 3 heterocycles. The van der Waals surface area contributed by atoms with E-state index < -0.39 is 0 Å². The third kappa shape index (κ3) is 2.05. The minimum absolute atomic E-state index is 0.0441. The number of carbonyl (C=O) groups is 1. The maximum Gasteiger partial charge on any atom is 0.246 e. The molecule has 0 bridgehead atoms. The third-order valence-electron chi connectivity index (χ3n) is 2.52. The standard InChI is InChI=1S/C10H10N6O2/c17-7-5-13-6(4-14-7)10-15-9(16-18-10)8-11-2-1-3-12-8/h1-3,6,13H,4-5H2,(H,14,17). The number of nitrogens with zero attached hydrogens (tertiary/aromatic N) is 4. The predicted octanol–water partition coefficient (Wildman–Crippen LogP) is -0.713. The van der Waals surface area contributed by atoms with Gasteiger partial charge in [-0.2, -0.15) is 4.98 Å². The SMILES string of the molecule is O=C1CNC(c2nc(-c3ncccn3)no2)CN1. The topological polar surface area (TPSA) is 106 Å². The van der Waals surface area contributed by atoms with Crippen LogP contribution < -0.4 is 10.6 Å². The Morgan fingerprint density at radius 3 is 2.83 bits per heavy atom. The monoisotopic (exact) mass is 246 g/mol. The second kappa shape index (κ2) is 4.49. The molecule has 2 aromatic rings. The van der Waals surface area contributed by atoms with E-state index in [1.165, 1.54) is 0 Å². The largest absolute Gasteiger partial charge is 0.353 e. The molecule has 0 radical (unpaired) electrons. The number of hydrogen-bond donors (Lipinski definition) is 2. The zero-order valence-corrected chi connectivity index (χ0v) is 9.33. The Hall–Kier alpha value is -2.35. The zero-order chi connectivity index (χ0) is 12.4. The van der Waals surface area contributed by atoms with E-state index in [0.717, 1.165) is 0 Å². The minimum atomic E-state index is -0.173. The zero-order valence-electron chi connectivity index (χ0n) is 9.33. The van der Waals surface area contributed by atoms with Crippen LogP contribution in [0, 0.1) is 0 Å². The number of amides is 1. The van der Waals surface area contributed by atoms with Crippen LogP contribution in [0.15, 0.2) is 23.0 Å². The van der Waals surface area contributed by atoms with Crippen LogP contribution in [-0.2, 0) is 4.79 Å². The molecular formula is C10H10N6O2. The summed E-state index contributed by atoms with van der Waals surface area (Å²) in [6.45, 7) is 0.667. The summed E-state index contributed by atoms with van der Waals surface area (Å²) in [5, 5.41) is 9.54. The molecule has 1 unspecified atom stereocenters. The molecule has 1 fully saturated rings. The first-order chi connectivity index (χ1) is 8.83. The smallest absolute Gasteiger partial charge is 0.246 e. The van der Waals surface area contributed by atoms with Gasteiger partial charge in [0.15, 0.2) is 0 Å². The molecule has 0 aliphatic carbocycles. The van der Waals surface area contributed by atoms with E-state index >= 15 is 0 Å². The van der Waals surface area contributed by atoms with E-state index in [1.54, 1.807) is 18.5 Å². The Morgan fingerprint density at radius 2 is 2.11 bits per heavy atom. The van der Waals surface area contributed by atoms with E-state index in [-0.39, 0.29) is 18.5 Å².